The highest BCUT2D eigenvalue weighted by molar-refractivity contribution is 9.10. The summed E-state index contributed by atoms with van der Waals surface area (Å²) >= 11 is 3.42. The molecule has 17 heavy (non-hydrogen) atoms. The van der Waals surface area contributed by atoms with Crippen LogP contribution in [0.5, 0.6) is 0 Å². The highest BCUT2D eigenvalue weighted by Gasteiger charge is 2.19. The van der Waals surface area contributed by atoms with Crippen molar-refractivity contribution in [3.63, 3.8) is 0 Å². The lowest BCUT2D eigenvalue weighted by molar-refractivity contribution is 0.433. The highest BCUT2D eigenvalue weighted by atomic mass is 79.9. The maximum atomic E-state index is 5.93. The summed E-state index contributed by atoms with van der Waals surface area (Å²) in [6.45, 7) is 0.875. The highest BCUT2D eigenvalue weighted by Crippen LogP contribution is 2.21. The number of fused-ring (bicyclic) bond motifs is 1. The van der Waals surface area contributed by atoms with E-state index in [1.165, 1.54) is 0 Å². The molecule has 1 aliphatic rings. The first-order valence-electron chi connectivity index (χ1n) is 5.67. The summed E-state index contributed by atoms with van der Waals surface area (Å²) in [6.07, 6.45) is 1.81. The second-order valence-corrected chi connectivity index (χ2v) is 5.25. The number of hydrogen-bond donors (Lipinski definition) is 1. The second kappa shape index (κ2) is 4.23. The fourth-order valence-corrected chi connectivity index (χ4v) is 2.31. The summed E-state index contributed by atoms with van der Waals surface area (Å²) in [6, 6.07) is 8.27. The maximum Gasteiger partial charge on any atom is 0.181 e. The molecule has 1 aromatic carbocycles. The predicted molar refractivity (Wildman–Crippen MR) is 69.5 cm³/mol. The third kappa shape index (κ3) is 2.12. The molecule has 1 aromatic heterocycles. The molecule has 0 saturated heterocycles. The van der Waals surface area contributed by atoms with Crippen LogP contribution in [0.4, 0.5) is 0 Å². The normalized spacial score (nSPS) is 19.1. The molecule has 0 bridgehead atoms. The van der Waals surface area contributed by atoms with E-state index in [1.54, 1.807) is 0 Å². The van der Waals surface area contributed by atoms with E-state index >= 15 is 0 Å². The summed E-state index contributed by atoms with van der Waals surface area (Å²) in [5, 5.41) is 4.52. The summed E-state index contributed by atoms with van der Waals surface area (Å²) in [5.41, 5.74) is 6.98. The van der Waals surface area contributed by atoms with E-state index in [0.717, 1.165) is 41.1 Å². The number of rotatable bonds is 1. The van der Waals surface area contributed by atoms with Crippen LogP contribution >= 0.6 is 15.9 Å². The number of aromatic nitrogens is 3. The molecule has 0 spiro atoms. The van der Waals surface area contributed by atoms with Gasteiger partial charge >= 0.3 is 0 Å². The van der Waals surface area contributed by atoms with Gasteiger partial charge in [0.15, 0.2) is 5.82 Å². The summed E-state index contributed by atoms with van der Waals surface area (Å²) in [7, 11) is 0. The van der Waals surface area contributed by atoms with Crippen molar-refractivity contribution in [3.8, 4) is 11.4 Å². The largest absolute Gasteiger partial charge is 0.327 e. The minimum Gasteiger partial charge on any atom is -0.327 e. The third-order valence-electron chi connectivity index (χ3n) is 3.01. The Morgan fingerprint density at radius 3 is 2.82 bits per heavy atom. The van der Waals surface area contributed by atoms with Crippen molar-refractivity contribution in [2.45, 2.75) is 25.4 Å². The average molecular weight is 293 g/mol. The van der Waals surface area contributed by atoms with Crippen LogP contribution in [0.15, 0.2) is 28.7 Å². The van der Waals surface area contributed by atoms with Gasteiger partial charge in [-0.05, 0) is 18.6 Å². The van der Waals surface area contributed by atoms with E-state index in [2.05, 4.69) is 26.0 Å². The van der Waals surface area contributed by atoms with Gasteiger partial charge in [-0.25, -0.2) is 9.67 Å². The Labute approximate surface area is 108 Å². The van der Waals surface area contributed by atoms with Crippen LogP contribution in [-0.4, -0.2) is 20.8 Å². The number of nitrogens with two attached hydrogens (primary N) is 1. The van der Waals surface area contributed by atoms with Crippen LogP contribution in [0, 0.1) is 0 Å². The van der Waals surface area contributed by atoms with Crippen molar-refractivity contribution in [3.05, 3.63) is 34.6 Å². The molecular formula is C12H13BrN4. The van der Waals surface area contributed by atoms with Crippen LogP contribution in [-0.2, 0) is 13.0 Å². The quantitative estimate of drug-likeness (QED) is 0.874. The first-order valence-corrected chi connectivity index (χ1v) is 6.47. The van der Waals surface area contributed by atoms with Crippen molar-refractivity contribution in [2.75, 3.05) is 0 Å². The van der Waals surface area contributed by atoms with E-state index < -0.39 is 0 Å². The maximum absolute atomic E-state index is 5.93. The average Bonchev–Trinajstić information content (AvgIpc) is 2.72. The Bertz CT molecular complexity index is 532. The van der Waals surface area contributed by atoms with E-state index in [0.29, 0.717) is 0 Å². The summed E-state index contributed by atoms with van der Waals surface area (Å²) in [4.78, 5) is 4.56. The van der Waals surface area contributed by atoms with Crippen LogP contribution in [0.2, 0.25) is 0 Å². The minimum absolute atomic E-state index is 0.226. The SMILES string of the molecule is NC1CCn2nc(-c3ccc(Br)cc3)nc2C1. The molecule has 1 unspecified atom stereocenters. The summed E-state index contributed by atoms with van der Waals surface area (Å²) in [5.74, 6) is 1.79. The zero-order valence-corrected chi connectivity index (χ0v) is 10.9. The van der Waals surface area contributed by atoms with Crippen molar-refractivity contribution in [1.29, 1.82) is 0 Å². The molecule has 2 aromatic rings. The standard InChI is InChI=1S/C12H13BrN4/c13-9-3-1-8(2-4-9)12-15-11-7-10(14)5-6-17(11)16-12/h1-4,10H,5-7,14H2. The number of hydrogen-bond acceptors (Lipinski definition) is 3. The van der Waals surface area contributed by atoms with Crippen LogP contribution in [0.3, 0.4) is 0 Å². The Morgan fingerprint density at radius 1 is 1.29 bits per heavy atom. The summed E-state index contributed by atoms with van der Waals surface area (Å²) < 4.78 is 3.04. The molecule has 2 heterocycles. The molecule has 3 rings (SSSR count). The molecular weight excluding hydrogens is 280 g/mol. The zero-order chi connectivity index (χ0) is 11.8. The Kier molecular flexibility index (Phi) is 2.72. The number of aryl methyl sites for hydroxylation is 1. The molecule has 5 heteroatoms. The molecule has 0 fully saturated rings. The molecule has 1 atom stereocenters. The third-order valence-corrected chi connectivity index (χ3v) is 3.54. The van der Waals surface area contributed by atoms with Crippen molar-refractivity contribution in [1.82, 2.24) is 14.8 Å². The minimum atomic E-state index is 0.226. The van der Waals surface area contributed by atoms with Crippen LogP contribution < -0.4 is 5.73 Å². The molecule has 0 aliphatic carbocycles. The second-order valence-electron chi connectivity index (χ2n) is 4.33. The molecule has 4 nitrogen and oxygen atoms in total. The fraction of sp³-hybridized carbons (Fsp3) is 0.333. The van der Waals surface area contributed by atoms with Crippen molar-refractivity contribution >= 4 is 15.9 Å². The lowest BCUT2D eigenvalue weighted by atomic mass is 10.1. The zero-order valence-electron chi connectivity index (χ0n) is 9.31. The van der Waals surface area contributed by atoms with E-state index in [9.17, 15) is 0 Å². The topological polar surface area (TPSA) is 56.7 Å². The molecule has 2 N–H and O–H groups in total. The van der Waals surface area contributed by atoms with Gasteiger partial charge in [-0.15, -0.1) is 0 Å². The van der Waals surface area contributed by atoms with E-state index in [1.807, 2.05) is 28.9 Å². The molecule has 0 radical (unpaired) electrons. The monoisotopic (exact) mass is 292 g/mol. The van der Waals surface area contributed by atoms with Gasteiger partial charge in [-0.2, -0.15) is 5.10 Å². The molecule has 0 amide bonds. The fourth-order valence-electron chi connectivity index (χ4n) is 2.05. The lowest BCUT2D eigenvalue weighted by Crippen LogP contribution is -2.31. The number of halogens is 1. The molecule has 1 aliphatic heterocycles. The van der Waals surface area contributed by atoms with Crippen LogP contribution in [0.1, 0.15) is 12.2 Å². The van der Waals surface area contributed by atoms with Gasteiger partial charge in [-0.1, -0.05) is 28.1 Å². The van der Waals surface area contributed by atoms with E-state index in [-0.39, 0.29) is 6.04 Å². The Morgan fingerprint density at radius 2 is 2.06 bits per heavy atom. The lowest BCUT2D eigenvalue weighted by Gasteiger charge is -2.17. The van der Waals surface area contributed by atoms with Gasteiger partial charge in [0.1, 0.15) is 5.82 Å². The Balaban J connectivity index is 1.97. The van der Waals surface area contributed by atoms with Gasteiger partial charge in [0.25, 0.3) is 0 Å². The molecule has 88 valence electrons. The van der Waals surface area contributed by atoms with Gasteiger partial charge in [0.2, 0.25) is 0 Å². The van der Waals surface area contributed by atoms with Crippen molar-refractivity contribution < 1.29 is 0 Å². The number of nitrogens with zero attached hydrogens (tertiary/aromatic N) is 3. The van der Waals surface area contributed by atoms with Gasteiger partial charge in [0, 0.05) is 29.0 Å². The van der Waals surface area contributed by atoms with Gasteiger partial charge in [-0.3, -0.25) is 0 Å². The predicted octanol–water partition coefficient (Wildman–Crippen LogP) is 1.98. The smallest absolute Gasteiger partial charge is 0.181 e. The first kappa shape index (κ1) is 10.9. The van der Waals surface area contributed by atoms with Crippen LogP contribution in [0.25, 0.3) is 11.4 Å². The van der Waals surface area contributed by atoms with Gasteiger partial charge in [0.05, 0.1) is 0 Å². The Hall–Kier alpha value is -1.20. The first-order chi connectivity index (χ1) is 8.22. The van der Waals surface area contributed by atoms with Crippen molar-refractivity contribution in [2.24, 2.45) is 5.73 Å². The number of benzene rings is 1. The van der Waals surface area contributed by atoms with Gasteiger partial charge < -0.3 is 5.73 Å². The van der Waals surface area contributed by atoms with E-state index in [4.69, 9.17) is 5.73 Å². The molecule has 0 saturated carbocycles.